The van der Waals surface area contributed by atoms with Crippen LogP contribution in [0.2, 0.25) is 10.0 Å². The van der Waals surface area contributed by atoms with Crippen molar-refractivity contribution in [2.75, 3.05) is 5.32 Å². The van der Waals surface area contributed by atoms with Crippen LogP contribution in [0.15, 0.2) is 47.5 Å². The molecule has 186 valence electrons. The van der Waals surface area contributed by atoms with E-state index in [1.54, 1.807) is 30.3 Å². The van der Waals surface area contributed by atoms with Crippen molar-refractivity contribution in [3.63, 3.8) is 0 Å². The van der Waals surface area contributed by atoms with Crippen molar-refractivity contribution in [2.24, 2.45) is 22.4 Å². The minimum Gasteiger partial charge on any atom is -0.480 e. The molecule has 2 aromatic carbocycles. The standard InChI is InChI=1S/C24H27Cl2N5O4/c25-17-5-2-6-18(26)20(17)22(33)31-19(23(34)35)11-13-7-9-15(10-8-13)29-21(32)14-3-1-4-16(12-14)30-24(27)28/h2,5-10,14,16,19H,1,3-4,11-12H2,(H,29,32)(H,31,33)(H,34,35)(H4,27,28,30)/t14-,16+,19-/m0/s1. The number of carboxylic acids is 1. The maximum atomic E-state index is 12.7. The summed E-state index contributed by atoms with van der Waals surface area (Å²) in [7, 11) is 0. The molecule has 11 heteroatoms. The number of amides is 2. The van der Waals surface area contributed by atoms with Crippen LogP contribution in [0.1, 0.15) is 41.6 Å². The first kappa shape index (κ1) is 26.3. The van der Waals surface area contributed by atoms with E-state index in [9.17, 15) is 19.5 Å². The van der Waals surface area contributed by atoms with Gasteiger partial charge in [-0.25, -0.2) is 4.79 Å². The fourth-order valence-corrected chi connectivity index (χ4v) is 4.65. The molecule has 0 saturated heterocycles. The highest BCUT2D eigenvalue weighted by molar-refractivity contribution is 6.39. The molecule has 35 heavy (non-hydrogen) atoms. The van der Waals surface area contributed by atoms with Crippen molar-refractivity contribution < 1.29 is 19.5 Å². The lowest BCUT2D eigenvalue weighted by atomic mass is 9.85. The highest BCUT2D eigenvalue weighted by Gasteiger charge is 2.27. The molecular weight excluding hydrogens is 493 g/mol. The Morgan fingerprint density at radius 2 is 1.71 bits per heavy atom. The van der Waals surface area contributed by atoms with E-state index in [2.05, 4.69) is 15.6 Å². The normalized spacial score (nSPS) is 18.2. The van der Waals surface area contributed by atoms with Crippen LogP contribution in [-0.4, -0.2) is 40.9 Å². The number of rotatable bonds is 8. The fourth-order valence-electron chi connectivity index (χ4n) is 4.08. The number of nitrogens with zero attached hydrogens (tertiary/aromatic N) is 1. The molecule has 1 aliphatic rings. The molecule has 1 fully saturated rings. The molecule has 0 radical (unpaired) electrons. The van der Waals surface area contributed by atoms with Crippen LogP contribution in [0.3, 0.4) is 0 Å². The van der Waals surface area contributed by atoms with E-state index in [0.717, 1.165) is 19.3 Å². The van der Waals surface area contributed by atoms with Gasteiger partial charge in [-0.2, -0.15) is 0 Å². The van der Waals surface area contributed by atoms with Crippen molar-refractivity contribution in [3.05, 3.63) is 63.6 Å². The van der Waals surface area contributed by atoms with Crippen molar-refractivity contribution in [1.29, 1.82) is 0 Å². The van der Waals surface area contributed by atoms with Crippen LogP contribution in [0.5, 0.6) is 0 Å². The van der Waals surface area contributed by atoms with Gasteiger partial charge in [-0.1, -0.05) is 47.8 Å². The second-order valence-electron chi connectivity index (χ2n) is 8.42. The van der Waals surface area contributed by atoms with Crippen LogP contribution < -0.4 is 22.1 Å². The maximum absolute atomic E-state index is 12.7. The van der Waals surface area contributed by atoms with Gasteiger partial charge in [-0.3, -0.25) is 14.6 Å². The van der Waals surface area contributed by atoms with Crippen LogP contribution in [0.4, 0.5) is 5.69 Å². The Hall–Kier alpha value is -3.30. The van der Waals surface area contributed by atoms with E-state index >= 15 is 0 Å². The van der Waals surface area contributed by atoms with Crippen LogP contribution in [0.25, 0.3) is 0 Å². The second-order valence-corrected chi connectivity index (χ2v) is 9.24. The van der Waals surface area contributed by atoms with Gasteiger partial charge in [0.05, 0.1) is 21.7 Å². The number of aliphatic imine (C=N–C) groups is 1. The Balaban J connectivity index is 1.61. The predicted octanol–water partition coefficient (Wildman–Crippen LogP) is 3.19. The van der Waals surface area contributed by atoms with Gasteiger partial charge in [0.1, 0.15) is 6.04 Å². The third-order valence-electron chi connectivity index (χ3n) is 5.80. The Morgan fingerprint density at radius 3 is 2.31 bits per heavy atom. The number of anilines is 1. The van der Waals surface area contributed by atoms with E-state index in [4.69, 9.17) is 34.7 Å². The first-order chi connectivity index (χ1) is 16.6. The highest BCUT2D eigenvalue weighted by Crippen LogP contribution is 2.28. The van der Waals surface area contributed by atoms with Gasteiger partial charge >= 0.3 is 5.97 Å². The van der Waals surface area contributed by atoms with Crippen LogP contribution in [0, 0.1) is 5.92 Å². The summed E-state index contributed by atoms with van der Waals surface area (Å²) in [5.74, 6) is -2.16. The van der Waals surface area contributed by atoms with E-state index in [-0.39, 0.29) is 45.9 Å². The fraction of sp³-hybridized carbons (Fsp3) is 0.333. The Morgan fingerprint density at radius 1 is 1.06 bits per heavy atom. The third kappa shape index (κ3) is 7.34. The van der Waals surface area contributed by atoms with E-state index in [1.165, 1.54) is 12.1 Å². The van der Waals surface area contributed by atoms with E-state index in [1.807, 2.05) is 0 Å². The number of nitrogens with two attached hydrogens (primary N) is 2. The topological polar surface area (TPSA) is 160 Å². The number of hydrogen-bond donors (Lipinski definition) is 5. The summed E-state index contributed by atoms with van der Waals surface area (Å²) in [5, 5.41) is 15.2. The molecule has 2 aromatic rings. The highest BCUT2D eigenvalue weighted by atomic mass is 35.5. The van der Waals surface area contributed by atoms with Gasteiger partial charge in [0, 0.05) is 18.0 Å². The van der Waals surface area contributed by atoms with E-state index in [0.29, 0.717) is 17.7 Å². The molecule has 7 N–H and O–H groups in total. The molecule has 1 aliphatic carbocycles. The van der Waals surface area contributed by atoms with E-state index < -0.39 is 17.9 Å². The lowest BCUT2D eigenvalue weighted by Gasteiger charge is -2.26. The average Bonchev–Trinajstić information content (AvgIpc) is 2.79. The van der Waals surface area contributed by atoms with Gasteiger partial charge in [0.15, 0.2) is 5.96 Å². The lowest BCUT2D eigenvalue weighted by Crippen LogP contribution is -2.42. The number of carboxylic acid groups (broad SMARTS) is 1. The van der Waals surface area contributed by atoms with Crippen LogP contribution in [-0.2, 0) is 16.0 Å². The SMILES string of the molecule is NC(N)=N[C@@H]1CCC[C@H](C(=O)Nc2ccc(C[C@H](NC(=O)c3c(Cl)cccc3Cl)C(=O)O)cc2)C1. The van der Waals surface area contributed by atoms with Crippen LogP contribution >= 0.6 is 23.2 Å². The number of nitrogens with one attached hydrogen (secondary N) is 2. The summed E-state index contributed by atoms with van der Waals surface area (Å²) in [4.78, 5) is 41.2. The van der Waals surface area contributed by atoms with Gasteiger partial charge < -0.3 is 27.2 Å². The monoisotopic (exact) mass is 519 g/mol. The number of benzene rings is 2. The molecule has 3 rings (SSSR count). The zero-order valence-electron chi connectivity index (χ0n) is 18.8. The summed E-state index contributed by atoms with van der Waals surface area (Å²) >= 11 is 12.1. The van der Waals surface area contributed by atoms with Crippen molar-refractivity contribution in [1.82, 2.24) is 5.32 Å². The van der Waals surface area contributed by atoms with Gasteiger partial charge in [0.25, 0.3) is 5.91 Å². The molecule has 2 amide bonds. The second kappa shape index (κ2) is 11.9. The van der Waals surface area contributed by atoms with Crippen molar-refractivity contribution >= 4 is 52.6 Å². The number of hydrogen-bond acceptors (Lipinski definition) is 4. The molecule has 0 bridgehead atoms. The van der Waals surface area contributed by atoms with Gasteiger partial charge in [0.2, 0.25) is 5.91 Å². The average molecular weight is 520 g/mol. The smallest absolute Gasteiger partial charge is 0.326 e. The molecule has 0 aromatic heterocycles. The number of halogens is 2. The van der Waals surface area contributed by atoms with Gasteiger partial charge in [-0.15, -0.1) is 0 Å². The predicted molar refractivity (Wildman–Crippen MR) is 136 cm³/mol. The molecule has 9 nitrogen and oxygen atoms in total. The largest absolute Gasteiger partial charge is 0.480 e. The van der Waals surface area contributed by atoms with Crippen molar-refractivity contribution in [3.8, 4) is 0 Å². The lowest BCUT2D eigenvalue weighted by molar-refractivity contribution is -0.139. The summed E-state index contributed by atoms with van der Waals surface area (Å²) in [5.41, 5.74) is 12.2. The quantitative estimate of drug-likeness (QED) is 0.266. The minimum atomic E-state index is -1.20. The Labute approximate surface area is 212 Å². The minimum absolute atomic E-state index is 0.0185. The Bertz CT molecular complexity index is 1100. The molecule has 3 atom stereocenters. The first-order valence-electron chi connectivity index (χ1n) is 11.1. The summed E-state index contributed by atoms with van der Waals surface area (Å²) in [6, 6.07) is 10.1. The summed E-state index contributed by atoms with van der Waals surface area (Å²) in [6.07, 6.45) is 3.08. The molecule has 0 spiro atoms. The number of guanidine groups is 1. The Kier molecular flexibility index (Phi) is 8.95. The number of carbonyl (C=O) groups is 3. The molecule has 0 heterocycles. The number of carbonyl (C=O) groups excluding carboxylic acids is 2. The first-order valence-corrected chi connectivity index (χ1v) is 11.9. The van der Waals surface area contributed by atoms with Crippen molar-refractivity contribution in [2.45, 2.75) is 44.2 Å². The molecule has 0 unspecified atom stereocenters. The van der Waals surface area contributed by atoms with Gasteiger partial charge in [-0.05, 0) is 49.1 Å². The zero-order valence-corrected chi connectivity index (χ0v) is 20.4. The summed E-state index contributed by atoms with van der Waals surface area (Å²) in [6.45, 7) is 0. The summed E-state index contributed by atoms with van der Waals surface area (Å²) < 4.78 is 0. The molecule has 0 aliphatic heterocycles. The maximum Gasteiger partial charge on any atom is 0.326 e. The molecule has 1 saturated carbocycles. The number of aliphatic carboxylic acids is 1. The molecular formula is C24H27Cl2N5O4. The third-order valence-corrected chi connectivity index (χ3v) is 6.43. The zero-order chi connectivity index (χ0) is 25.5.